The molecule has 1 unspecified atom stereocenters. The van der Waals surface area contributed by atoms with Crippen molar-refractivity contribution in [3.63, 3.8) is 0 Å². The minimum Gasteiger partial charge on any atom is -0.469 e. The predicted molar refractivity (Wildman–Crippen MR) is 50.4 cm³/mol. The average Bonchev–Trinajstić information content (AvgIpc) is 2.62. The van der Waals surface area contributed by atoms with E-state index in [-0.39, 0.29) is 12.0 Å². The van der Waals surface area contributed by atoms with E-state index in [1.165, 1.54) is 7.11 Å². The molecule has 0 saturated heterocycles. The van der Waals surface area contributed by atoms with Crippen molar-refractivity contribution in [2.24, 2.45) is 0 Å². The first-order chi connectivity index (χ1) is 6.81. The Balaban J connectivity index is 2.14. The zero-order valence-corrected chi connectivity index (χ0v) is 7.78. The molecule has 2 rings (SSSR count). The second-order valence-electron chi connectivity index (χ2n) is 3.04. The summed E-state index contributed by atoms with van der Waals surface area (Å²) in [6.07, 6.45) is 2.01. The number of anilines is 1. The Kier molecular flexibility index (Phi) is 2.32. The second-order valence-corrected chi connectivity index (χ2v) is 3.04. The lowest BCUT2D eigenvalue weighted by Gasteiger charge is -2.07. The monoisotopic (exact) mass is 193 g/mol. The van der Waals surface area contributed by atoms with E-state index in [0.29, 0.717) is 6.42 Å². The van der Waals surface area contributed by atoms with Gasteiger partial charge in [0.2, 0.25) is 0 Å². The molecule has 1 aromatic rings. The first-order valence-electron chi connectivity index (χ1n) is 4.34. The number of hydrogen-bond acceptors (Lipinski definition) is 5. The summed E-state index contributed by atoms with van der Waals surface area (Å²) in [6.45, 7) is 0. The zero-order chi connectivity index (χ0) is 9.97. The Morgan fingerprint density at radius 3 is 3.36 bits per heavy atom. The topological polar surface area (TPSA) is 63.2 Å². The lowest BCUT2D eigenvalue weighted by molar-refractivity contribution is -0.141. The highest BCUT2D eigenvalue weighted by molar-refractivity contribution is 5.71. The summed E-state index contributed by atoms with van der Waals surface area (Å²) in [7, 11) is 1.38. The number of esters is 1. The number of nitrogens with one attached hydrogen (secondary N) is 2. The van der Waals surface area contributed by atoms with Gasteiger partial charge in [0.1, 0.15) is 5.82 Å². The zero-order valence-electron chi connectivity index (χ0n) is 7.78. The summed E-state index contributed by atoms with van der Waals surface area (Å²) in [6, 6.07) is 3.73. The van der Waals surface area contributed by atoms with Crippen LogP contribution in [0.15, 0.2) is 18.3 Å². The van der Waals surface area contributed by atoms with Crippen molar-refractivity contribution in [2.45, 2.75) is 12.5 Å². The fraction of sp³-hybridized carbons (Fsp3) is 0.333. The van der Waals surface area contributed by atoms with Crippen LogP contribution in [0.25, 0.3) is 0 Å². The molecule has 1 aliphatic heterocycles. The van der Waals surface area contributed by atoms with Gasteiger partial charge in [0, 0.05) is 11.8 Å². The fourth-order valence-electron chi connectivity index (χ4n) is 1.45. The molecule has 1 aromatic heterocycles. The highest BCUT2D eigenvalue weighted by atomic mass is 16.5. The second kappa shape index (κ2) is 3.63. The summed E-state index contributed by atoms with van der Waals surface area (Å²) < 4.78 is 4.60. The molecular formula is C9H11N3O2. The van der Waals surface area contributed by atoms with Crippen LogP contribution in [0.3, 0.4) is 0 Å². The molecule has 14 heavy (non-hydrogen) atoms. The quantitative estimate of drug-likeness (QED) is 0.674. The molecule has 2 N–H and O–H groups in total. The fourth-order valence-corrected chi connectivity index (χ4v) is 1.45. The Hall–Kier alpha value is -1.62. The molecule has 0 aromatic carbocycles. The molecule has 5 nitrogen and oxygen atoms in total. The van der Waals surface area contributed by atoms with E-state index in [9.17, 15) is 4.79 Å². The molecule has 0 radical (unpaired) electrons. The van der Waals surface area contributed by atoms with E-state index in [1.807, 2.05) is 12.1 Å². The normalized spacial score (nSPS) is 18.5. The Labute approximate surface area is 81.4 Å². The van der Waals surface area contributed by atoms with Gasteiger partial charge in [0.25, 0.3) is 0 Å². The third-order valence-electron chi connectivity index (χ3n) is 2.18. The highest BCUT2D eigenvalue weighted by Gasteiger charge is 2.24. The molecule has 0 amide bonds. The van der Waals surface area contributed by atoms with E-state index in [0.717, 1.165) is 11.4 Å². The van der Waals surface area contributed by atoms with Crippen LogP contribution >= 0.6 is 0 Å². The molecule has 0 fully saturated rings. The maximum Gasteiger partial charge on any atom is 0.307 e. The minimum atomic E-state index is -0.235. The highest BCUT2D eigenvalue weighted by Crippen LogP contribution is 2.27. The van der Waals surface area contributed by atoms with Crippen LogP contribution in [0, 0.1) is 0 Å². The lowest BCUT2D eigenvalue weighted by atomic mass is 10.1. The van der Waals surface area contributed by atoms with E-state index < -0.39 is 0 Å². The van der Waals surface area contributed by atoms with Crippen LogP contribution in [0.1, 0.15) is 18.0 Å². The van der Waals surface area contributed by atoms with Gasteiger partial charge in [-0.25, -0.2) is 10.4 Å². The van der Waals surface area contributed by atoms with Gasteiger partial charge in [-0.05, 0) is 6.07 Å². The smallest absolute Gasteiger partial charge is 0.307 e. The van der Waals surface area contributed by atoms with Gasteiger partial charge in [-0.1, -0.05) is 6.07 Å². The van der Waals surface area contributed by atoms with Crippen molar-refractivity contribution in [1.82, 2.24) is 10.4 Å². The largest absolute Gasteiger partial charge is 0.469 e. The first-order valence-corrected chi connectivity index (χ1v) is 4.34. The molecule has 1 atom stereocenters. The van der Waals surface area contributed by atoms with Gasteiger partial charge in [-0.3, -0.25) is 4.79 Å². The van der Waals surface area contributed by atoms with Crippen molar-refractivity contribution < 1.29 is 9.53 Å². The summed E-state index contributed by atoms with van der Waals surface area (Å²) in [5.41, 5.74) is 6.88. The van der Waals surface area contributed by atoms with Crippen LogP contribution in [-0.4, -0.2) is 18.1 Å². The van der Waals surface area contributed by atoms with E-state index in [1.54, 1.807) is 6.20 Å². The minimum absolute atomic E-state index is 0.0499. The van der Waals surface area contributed by atoms with E-state index >= 15 is 0 Å². The van der Waals surface area contributed by atoms with Gasteiger partial charge in [0.15, 0.2) is 0 Å². The van der Waals surface area contributed by atoms with E-state index in [4.69, 9.17) is 0 Å². The number of carbonyl (C=O) groups excluding carboxylic acids is 1. The van der Waals surface area contributed by atoms with Gasteiger partial charge < -0.3 is 10.2 Å². The summed E-state index contributed by atoms with van der Waals surface area (Å²) in [5.74, 6) is 0.544. The molecule has 1 aliphatic rings. The molecule has 5 heteroatoms. The number of ether oxygens (including phenoxy) is 1. The molecule has 0 spiro atoms. The number of hydrogen-bond donors (Lipinski definition) is 2. The Bertz CT molecular complexity index is 354. The number of pyridine rings is 1. The third-order valence-corrected chi connectivity index (χ3v) is 2.18. The number of methoxy groups -OCH3 is 1. The SMILES string of the molecule is COC(=O)CC1NNc2ncccc21. The molecule has 0 bridgehead atoms. The van der Waals surface area contributed by atoms with Crippen molar-refractivity contribution >= 4 is 11.8 Å². The maximum atomic E-state index is 11.1. The third kappa shape index (κ3) is 1.54. The average molecular weight is 193 g/mol. The van der Waals surface area contributed by atoms with Crippen LogP contribution in [-0.2, 0) is 9.53 Å². The van der Waals surface area contributed by atoms with Crippen LogP contribution in [0.5, 0.6) is 0 Å². The van der Waals surface area contributed by atoms with Crippen molar-refractivity contribution in [3.05, 3.63) is 23.9 Å². The number of fused-ring (bicyclic) bond motifs is 1. The van der Waals surface area contributed by atoms with Crippen LogP contribution < -0.4 is 10.9 Å². The Morgan fingerprint density at radius 1 is 1.71 bits per heavy atom. The number of nitrogens with zero attached hydrogens (tertiary/aromatic N) is 1. The summed E-state index contributed by atoms with van der Waals surface area (Å²) in [4.78, 5) is 15.2. The van der Waals surface area contributed by atoms with Crippen LogP contribution in [0.2, 0.25) is 0 Å². The molecule has 0 aliphatic carbocycles. The van der Waals surface area contributed by atoms with Gasteiger partial charge in [0.05, 0.1) is 19.6 Å². The number of aromatic nitrogens is 1. The molecule has 0 saturated carbocycles. The summed E-state index contributed by atoms with van der Waals surface area (Å²) in [5, 5.41) is 0. The number of hydrazine groups is 1. The van der Waals surface area contributed by atoms with E-state index in [2.05, 4.69) is 20.6 Å². The molecule has 74 valence electrons. The number of rotatable bonds is 2. The predicted octanol–water partition coefficient (Wildman–Crippen LogP) is 0.616. The summed E-state index contributed by atoms with van der Waals surface area (Å²) >= 11 is 0. The Morgan fingerprint density at radius 2 is 2.57 bits per heavy atom. The van der Waals surface area contributed by atoms with Crippen molar-refractivity contribution in [2.75, 3.05) is 12.5 Å². The standard InChI is InChI=1S/C9H11N3O2/c1-14-8(13)5-7-6-3-2-4-10-9(6)12-11-7/h2-4,7,11H,5H2,1H3,(H,10,12). The van der Waals surface area contributed by atoms with Gasteiger partial charge >= 0.3 is 5.97 Å². The number of carbonyl (C=O) groups is 1. The van der Waals surface area contributed by atoms with Crippen molar-refractivity contribution in [1.29, 1.82) is 0 Å². The van der Waals surface area contributed by atoms with Crippen LogP contribution in [0.4, 0.5) is 5.82 Å². The maximum absolute atomic E-state index is 11.1. The van der Waals surface area contributed by atoms with Gasteiger partial charge in [-0.15, -0.1) is 0 Å². The lowest BCUT2D eigenvalue weighted by Crippen LogP contribution is -2.21. The first kappa shape index (κ1) is 8.96. The van der Waals surface area contributed by atoms with Gasteiger partial charge in [-0.2, -0.15) is 0 Å². The van der Waals surface area contributed by atoms with Crippen molar-refractivity contribution in [3.8, 4) is 0 Å². The molecule has 2 heterocycles. The molecular weight excluding hydrogens is 182 g/mol.